The van der Waals surface area contributed by atoms with Crippen LogP contribution in [0, 0.1) is 17.3 Å². The molecule has 0 saturated carbocycles. The van der Waals surface area contributed by atoms with E-state index in [2.05, 4.69) is 11.8 Å². The summed E-state index contributed by atoms with van der Waals surface area (Å²) < 4.78 is 16.9. The quantitative estimate of drug-likeness (QED) is 0.572. The van der Waals surface area contributed by atoms with E-state index in [0.717, 1.165) is 6.42 Å². The highest BCUT2D eigenvalue weighted by molar-refractivity contribution is 6.02. The molecule has 5 heteroatoms. The number of carbonyl (C=O) groups is 2. The van der Waals surface area contributed by atoms with Gasteiger partial charge in [0.25, 0.3) is 0 Å². The molecule has 2 rings (SSSR count). The Morgan fingerprint density at radius 3 is 2.46 bits per heavy atom. The fraction of sp³-hybridized carbons (Fsp3) is 0.579. The van der Waals surface area contributed by atoms with Crippen LogP contribution in [0.25, 0.3) is 0 Å². The molecular weight excluding hydrogens is 308 g/mol. The van der Waals surface area contributed by atoms with Crippen molar-refractivity contribution in [2.24, 2.45) is 5.41 Å². The Kier molecular flexibility index (Phi) is 5.63. The molecule has 0 aromatic heterocycles. The molecule has 0 aromatic rings. The molecular formula is C19H24O5. The van der Waals surface area contributed by atoms with E-state index in [1.54, 1.807) is 19.1 Å². The molecule has 0 aromatic carbocycles. The third kappa shape index (κ3) is 4.14. The van der Waals surface area contributed by atoms with Gasteiger partial charge in [0, 0.05) is 6.42 Å². The van der Waals surface area contributed by atoms with E-state index in [0.29, 0.717) is 12.8 Å². The summed E-state index contributed by atoms with van der Waals surface area (Å²) in [5.74, 6) is 4.62. The molecule has 0 amide bonds. The van der Waals surface area contributed by atoms with Crippen molar-refractivity contribution < 1.29 is 23.8 Å². The summed E-state index contributed by atoms with van der Waals surface area (Å²) in [6, 6.07) is 0. The normalized spacial score (nSPS) is 26.8. The fourth-order valence-corrected chi connectivity index (χ4v) is 3.12. The van der Waals surface area contributed by atoms with Gasteiger partial charge in [0.2, 0.25) is 0 Å². The van der Waals surface area contributed by atoms with Crippen LogP contribution in [0.15, 0.2) is 24.3 Å². The highest BCUT2D eigenvalue weighted by Gasteiger charge is 2.47. The molecule has 5 nitrogen and oxygen atoms in total. The van der Waals surface area contributed by atoms with Crippen molar-refractivity contribution in [1.82, 2.24) is 0 Å². The zero-order valence-electron chi connectivity index (χ0n) is 14.6. The number of hydrogen-bond acceptors (Lipinski definition) is 5. The van der Waals surface area contributed by atoms with Crippen molar-refractivity contribution in [2.75, 3.05) is 7.11 Å². The van der Waals surface area contributed by atoms with Crippen LogP contribution in [0.5, 0.6) is 0 Å². The highest BCUT2D eigenvalue weighted by Crippen LogP contribution is 2.40. The van der Waals surface area contributed by atoms with Crippen LogP contribution < -0.4 is 0 Å². The molecule has 2 atom stereocenters. The zero-order valence-corrected chi connectivity index (χ0v) is 14.6. The summed E-state index contributed by atoms with van der Waals surface area (Å²) in [6.45, 7) is 5.51. The summed E-state index contributed by atoms with van der Waals surface area (Å²) >= 11 is 0. The lowest BCUT2D eigenvalue weighted by molar-refractivity contribution is -0.156. The maximum Gasteiger partial charge on any atom is 0.319 e. The number of hydrogen-bond donors (Lipinski definition) is 0. The van der Waals surface area contributed by atoms with E-state index in [9.17, 15) is 9.59 Å². The Hall–Kier alpha value is -1.90. The Labute approximate surface area is 143 Å². The first-order valence-electron chi connectivity index (χ1n) is 8.08. The number of esters is 1. The van der Waals surface area contributed by atoms with Crippen LogP contribution in [0.3, 0.4) is 0 Å². The number of methoxy groups -OCH3 is 1. The SMILES string of the molecule is CC#CCC[C@@H]1OC(C)(C)O[C@H]1CC1(C(=O)OC)C=CC(=O)C=C1. The van der Waals surface area contributed by atoms with Crippen molar-refractivity contribution in [1.29, 1.82) is 0 Å². The Morgan fingerprint density at radius 2 is 1.88 bits per heavy atom. The van der Waals surface area contributed by atoms with Gasteiger partial charge in [-0.15, -0.1) is 11.8 Å². The van der Waals surface area contributed by atoms with E-state index in [1.807, 2.05) is 13.8 Å². The van der Waals surface area contributed by atoms with E-state index in [1.165, 1.54) is 19.3 Å². The fourth-order valence-electron chi connectivity index (χ4n) is 3.12. The van der Waals surface area contributed by atoms with Crippen LogP contribution in [0.1, 0.15) is 40.0 Å². The number of carbonyl (C=O) groups excluding carboxylic acids is 2. The molecule has 0 bridgehead atoms. The molecule has 0 radical (unpaired) electrons. The second kappa shape index (κ2) is 7.33. The Morgan fingerprint density at radius 1 is 1.25 bits per heavy atom. The van der Waals surface area contributed by atoms with E-state index in [-0.39, 0.29) is 18.0 Å². The van der Waals surface area contributed by atoms with Crippen molar-refractivity contribution in [3.05, 3.63) is 24.3 Å². The van der Waals surface area contributed by atoms with Crippen LogP contribution >= 0.6 is 0 Å². The molecule has 1 heterocycles. The number of ketones is 1. The maximum absolute atomic E-state index is 12.4. The first-order chi connectivity index (χ1) is 11.3. The largest absolute Gasteiger partial charge is 0.468 e. The minimum absolute atomic E-state index is 0.145. The first kappa shape index (κ1) is 18.4. The van der Waals surface area contributed by atoms with Crippen LogP contribution in [0.2, 0.25) is 0 Å². The van der Waals surface area contributed by atoms with Gasteiger partial charge < -0.3 is 14.2 Å². The molecule has 1 fully saturated rings. The molecule has 0 N–H and O–H groups in total. The van der Waals surface area contributed by atoms with Gasteiger partial charge in [0.05, 0.1) is 19.3 Å². The van der Waals surface area contributed by atoms with Crippen LogP contribution in [0.4, 0.5) is 0 Å². The molecule has 24 heavy (non-hydrogen) atoms. The monoisotopic (exact) mass is 332 g/mol. The van der Waals surface area contributed by atoms with Gasteiger partial charge >= 0.3 is 5.97 Å². The molecule has 1 aliphatic heterocycles. The van der Waals surface area contributed by atoms with Crippen LogP contribution in [-0.2, 0) is 23.8 Å². The minimum atomic E-state index is -1.01. The van der Waals surface area contributed by atoms with E-state index < -0.39 is 17.2 Å². The molecule has 130 valence electrons. The molecule has 2 aliphatic rings. The van der Waals surface area contributed by atoms with Gasteiger partial charge in [-0.3, -0.25) is 9.59 Å². The van der Waals surface area contributed by atoms with Gasteiger partial charge in [0.15, 0.2) is 11.6 Å². The van der Waals surface area contributed by atoms with Crippen LogP contribution in [-0.4, -0.2) is 36.9 Å². The summed E-state index contributed by atoms with van der Waals surface area (Å²) in [5.41, 5.74) is -1.01. The number of allylic oxidation sites excluding steroid dienone is 2. The van der Waals surface area contributed by atoms with Gasteiger partial charge in [-0.25, -0.2) is 0 Å². The number of ether oxygens (including phenoxy) is 3. The predicted octanol–water partition coefficient (Wildman–Crippen LogP) is 2.55. The van der Waals surface area contributed by atoms with Gasteiger partial charge in [0.1, 0.15) is 5.41 Å². The second-order valence-electron chi connectivity index (χ2n) is 6.48. The van der Waals surface area contributed by atoms with Gasteiger partial charge in [-0.05, 0) is 45.8 Å². The number of rotatable bonds is 5. The first-order valence-corrected chi connectivity index (χ1v) is 8.08. The second-order valence-corrected chi connectivity index (χ2v) is 6.48. The standard InChI is InChI=1S/C19H24O5/c1-5-6-7-8-15-16(24-18(2,3)23-15)13-19(17(21)22-4)11-9-14(20)10-12-19/h9-12,15-16H,7-8,13H2,1-4H3/t15-,16-/m0/s1. The lowest BCUT2D eigenvalue weighted by Gasteiger charge is -2.30. The van der Waals surface area contributed by atoms with Gasteiger partial charge in [-0.1, -0.05) is 12.2 Å². The lowest BCUT2D eigenvalue weighted by Crippen LogP contribution is -2.37. The van der Waals surface area contributed by atoms with Crippen molar-refractivity contribution in [2.45, 2.75) is 58.0 Å². The zero-order chi connectivity index (χ0) is 17.8. The van der Waals surface area contributed by atoms with Gasteiger partial charge in [-0.2, -0.15) is 0 Å². The average Bonchev–Trinajstić information content (AvgIpc) is 2.83. The smallest absolute Gasteiger partial charge is 0.319 e. The van der Waals surface area contributed by atoms with E-state index in [4.69, 9.17) is 14.2 Å². The Balaban J connectivity index is 2.21. The molecule has 0 unspecified atom stereocenters. The van der Waals surface area contributed by atoms with E-state index >= 15 is 0 Å². The maximum atomic E-state index is 12.4. The highest BCUT2D eigenvalue weighted by atomic mass is 16.7. The van der Waals surface area contributed by atoms with Crippen molar-refractivity contribution in [3.8, 4) is 11.8 Å². The molecule has 0 spiro atoms. The van der Waals surface area contributed by atoms with Crippen molar-refractivity contribution in [3.63, 3.8) is 0 Å². The topological polar surface area (TPSA) is 61.8 Å². The summed E-state index contributed by atoms with van der Waals surface area (Å²) in [5, 5.41) is 0. The summed E-state index contributed by atoms with van der Waals surface area (Å²) in [6.07, 6.45) is 7.31. The summed E-state index contributed by atoms with van der Waals surface area (Å²) in [7, 11) is 1.34. The molecule has 1 aliphatic carbocycles. The third-order valence-corrected chi connectivity index (χ3v) is 4.21. The Bertz CT molecular complexity index is 601. The summed E-state index contributed by atoms with van der Waals surface area (Å²) in [4.78, 5) is 23.8. The average molecular weight is 332 g/mol. The molecule has 1 saturated heterocycles. The lowest BCUT2D eigenvalue weighted by atomic mass is 9.77. The minimum Gasteiger partial charge on any atom is -0.468 e. The third-order valence-electron chi connectivity index (χ3n) is 4.21. The van der Waals surface area contributed by atoms with Crippen molar-refractivity contribution >= 4 is 11.8 Å². The predicted molar refractivity (Wildman–Crippen MR) is 88.9 cm³/mol.